The van der Waals surface area contributed by atoms with Gasteiger partial charge in [-0.3, -0.25) is 0 Å². The van der Waals surface area contributed by atoms with Gasteiger partial charge in [-0.05, 0) is 0 Å². The molecule has 0 amide bonds. The quantitative estimate of drug-likeness (QED) is 0.262. The van der Waals surface area contributed by atoms with Crippen molar-refractivity contribution in [2.24, 2.45) is 0 Å². The van der Waals surface area contributed by atoms with E-state index >= 15 is 0 Å². The van der Waals surface area contributed by atoms with Crippen molar-refractivity contribution in [2.45, 2.75) is 12.1 Å². The van der Waals surface area contributed by atoms with E-state index in [0.29, 0.717) is 0 Å². The highest BCUT2D eigenvalue weighted by molar-refractivity contribution is 6.42. The summed E-state index contributed by atoms with van der Waals surface area (Å²) in [6.07, 6.45) is -1.50. The molecule has 0 aromatic carbocycles. The van der Waals surface area contributed by atoms with E-state index in [2.05, 4.69) is 0 Å². The molecule has 2 atom stereocenters. The Morgan fingerprint density at radius 2 is 1.67 bits per heavy atom. The minimum Gasteiger partial charge on any atom is -0.425 e. The summed E-state index contributed by atoms with van der Waals surface area (Å²) in [6, 6.07) is -1.70. The summed E-state index contributed by atoms with van der Waals surface area (Å²) in [6.45, 7) is -0.696. The van der Waals surface area contributed by atoms with Gasteiger partial charge in [-0.1, -0.05) is 0 Å². The van der Waals surface area contributed by atoms with Crippen molar-refractivity contribution in [3.05, 3.63) is 0 Å². The fourth-order valence-corrected chi connectivity index (χ4v) is 0.307. The summed E-state index contributed by atoms with van der Waals surface area (Å²) in [5.41, 5.74) is 0. The molecule has 0 aromatic rings. The van der Waals surface area contributed by atoms with Gasteiger partial charge in [0, 0.05) is 0 Å². The molecule has 0 spiro atoms. The molecule has 54 valence electrons. The minimum absolute atomic E-state index is 0.696. The molecule has 0 aliphatic rings. The third kappa shape index (κ3) is 2.78. The van der Waals surface area contributed by atoms with Crippen molar-refractivity contribution in [1.82, 2.24) is 0 Å². The normalized spacial score (nSPS) is 17.0. The lowest BCUT2D eigenvalue weighted by molar-refractivity contribution is 0.00883. The number of hydrogen-bond acceptors (Lipinski definition) is 5. The maximum Gasteiger partial charge on any atom is 0.485 e. The van der Waals surface area contributed by atoms with Crippen LogP contribution in [0.3, 0.4) is 0 Å². The summed E-state index contributed by atoms with van der Waals surface area (Å²) in [5.74, 6) is 0. The van der Waals surface area contributed by atoms with Crippen LogP contribution in [0.1, 0.15) is 0 Å². The largest absolute Gasteiger partial charge is 0.485 e. The van der Waals surface area contributed by atoms with Gasteiger partial charge in [0.25, 0.3) is 0 Å². The van der Waals surface area contributed by atoms with Gasteiger partial charge in [0.2, 0.25) is 0 Å². The molecule has 0 saturated heterocycles. The second-order valence-corrected chi connectivity index (χ2v) is 1.65. The van der Waals surface area contributed by atoms with Crippen molar-refractivity contribution < 1.29 is 25.4 Å². The molecule has 0 aromatic heterocycles. The van der Waals surface area contributed by atoms with E-state index in [1.54, 1.807) is 0 Å². The Labute approximate surface area is 52.3 Å². The van der Waals surface area contributed by atoms with Crippen LogP contribution < -0.4 is 0 Å². The maximum atomic E-state index is 8.48. The molecule has 0 aliphatic carbocycles. The molecule has 9 heavy (non-hydrogen) atoms. The van der Waals surface area contributed by atoms with Crippen molar-refractivity contribution in [2.75, 3.05) is 6.61 Å². The fraction of sp³-hybridized carbons (Fsp3) is 1.00. The van der Waals surface area contributed by atoms with E-state index in [0.717, 1.165) is 0 Å². The number of aliphatic hydroxyl groups excluding tert-OH is 3. The van der Waals surface area contributed by atoms with Crippen LogP contribution in [0.5, 0.6) is 0 Å². The lowest BCUT2D eigenvalue weighted by atomic mass is 9.79. The van der Waals surface area contributed by atoms with E-state index in [1.165, 1.54) is 0 Å². The molecule has 6 heteroatoms. The average molecular weight is 136 g/mol. The Kier molecular flexibility index (Phi) is 3.75. The molecular formula is C3H9BO5. The highest BCUT2D eigenvalue weighted by Crippen LogP contribution is 1.92. The van der Waals surface area contributed by atoms with E-state index in [9.17, 15) is 0 Å². The number of rotatable bonds is 3. The van der Waals surface area contributed by atoms with Crippen LogP contribution in [0.25, 0.3) is 0 Å². The standard InChI is InChI=1S/C3H9BO5/c5-1-2(6)3(7)4(8)9/h2-3,5-9H,1H2. The zero-order chi connectivity index (χ0) is 7.44. The Balaban J connectivity index is 3.58. The van der Waals surface area contributed by atoms with Crippen LogP contribution in [-0.2, 0) is 0 Å². The van der Waals surface area contributed by atoms with Gasteiger partial charge < -0.3 is 25.4 Å². The van der Waals surface area contributed by atoms with Crippen LogP contribution in [0.4, 0.5) is 0 Å². The van der Waals surface area contributed by atoms with Crippen LogP contribution in [0, 0.1) is 0 Å². The first-order chi connectivity index (χ1) is 4.09. The summed E-state index contributed by atoms with van der Waals surface area (Å²) < 4.78 is 0. The fourth-order valence-electron chi connectivity index (χ4n) is 0.307. The van der Waals surface area contributed by atoms with Crippen LogP contribution in [-0.4, -0.2) is 51.2 Å². The van der Waals surface area contributed by atoms with Crippen molar-refractivity contribution in [1.29, 1.82) is 0 Å². The van der Waals surface area contributed by atoms with Gasteiger partial charge in [-0.2, -0.15) is 0 Å². The Morgan fingerprint density at radius 1 is 1.22 bits per heavy atom. The van der Waals surface area contributed by atoms with Crippen LogP contribution in [0.2, 0.25) is 0 Å². The predicted molar refractivity (Wildman–Crippen MR) is 29.3 cm³/mol. The summed E-state index contributed by atoms with van der Waals surface area (Å²) in [4.78, 5) is 0. The number of aliphatic hydroxyl groups is 3. The van der Waals surface area contributed by atoms with E-state index in [4.69, 9.17) is 25.4 Å². The molecule has 0 radical (unpaired) electrons. The first-order valence-electron chi connectivity index (χ1n) is 2.42. The van der Waals surface area contributed by atoms with Crippen molar-refractivity contribution in [3.8, 4) is 0 Å². The predicted octanol–water partition coefficient (Wildman–Crippen LogP) is -3.29. The average Bonchev–Trinajstić information content (AvgIpc) is 1.84. The highest BCUT2D eigenvalue weighted by Gasteiger charge is 2.27. The Hall–Kier alpha value is -0.135. The SMILES string of the molecule is OCC(O)C(O)B(O)O. The third-order valence-corrected chi connectivity index (χ3v) is 0.887. The van der Waals surface area contributed by atoms with Crippen LogP contribution in [0.15, 0.2) is 0 Å². The second kappa shape index (κ2) is 3.81. The lowest BCUT2D eigenvalue weighted by Gasteiger charge is -2.12. The zero-order valence-corrected chi connectivity index (χ0v) is 4.68. The first-order valence-corrected chi connectivity index (χ1v) is 2.42. The molecule has 0 heterocycles. The molecule has 0 bridgehead atoms. The first kappa shape index (κ1) is 8.86. The molecular weight excluding hydrogens is 127 g/mol. The van der Waals surface area contributed by atoms with E-state index in [1.807, 2.05) is 0 Å². The van der Waals surface area contributed by atoms with Gasteiger partial charge in [-0.15, -0.1) is 0 Å². The van der Waals surface area contributed by atoms with Gasteiger partial charge in [0.15, 0.2) is 0 Å². The monoisotopic (exact) mass is 136 g/mol. The summed E-state index contributed by atoms with van der Waals surface area (Å²) in [5, 5.41) is 41.4. The topological polar surface area (TPSA) is 101 Å². The molecule has 0 fully saturated rings. The summed E-state index contributed by atoms with van der Waals surface area (Å²) >= 11 is 0. The van der Waals surface area contributed by atoms with E-state index < -0.39 is 25.8 Å². The van der Waals surface area contributed by atoms with Gasteiger partial charge in [-0.25, -0.2) is 0 Å². The van der Waals surface area contributed by atoms with Gasteiger partial charge >= 0.3 is 7.12 Å². The molecule has 5 nitrogen and oxygen atoms in total. The van der Waals surface area contributed by atoms with Crippen LogP contribution >= 0.6 is 0 Å². The molecule has 5 N–H and O–H groups in total. The zero-order valence-electron chi connectivity index (χ0n) is 4.68. The van der Waals surface area contributed by atoms with Crippen molar-refractivity contribution in [3.63, 3.8) is 0 Å². The maximum absolute atomic E-state index is 8.48. The van der Waals surface area contributed by atoms with E-state index in [-0.39, 0.29) is 0 Å². The molecule has 0 rings (SSSR count). The van der Waals surface area contributed by atoms with Crippen molar-refractivity contribution >= 4 is 7.12 Å². The highest BCUT2D eigenvalue weighted by atomic mass is 16.4. The van der Waals surface area contributed by atoms with Gasteiger partial charge in [0.1, 0.15) is 12.1 Å². The number of hydrogen-bond donors (Lipinski definition) is 5. The smallest absolute Gasteiger partial charge is 0.425 e. The minimum atomic E-state index is -2.01. The van der Waals surface area contributed by atoms with Gasteiger partial charge in [0.05, 0.1) is 6.61 Å². The lowest BCUT2D eigenvalue weighted by Crippen LogP contribution is -2.42. The second-order valence-electron chi connectivity index (χ2n) is 1.65. The molecule has 0 saturated carbocycles. The Bertz CT molecular complexity index is 76.6. The Morgan fingerprint density at radius 3 is 1.78 bits per heavy atom. The molecule has 0 aliphatic heterocycles. The molecule has 2 unspecified atom stereocenters. The summed E-state index contributed by atoms with van der Waals surface area (Å²) in [7, 11) is -2.01. The third-order valence-electron chi connectivity index (χ3n) is 0.887.